The molecule has 0 heterocycles. The number of nitrogens with one attached hydrogen (secondary N) is 1. The normalized spacial score (nSPS) is 14.9. The van der Waals surface area contributed by atoms with E-state index in [9.17, 15) is 14.7 Å². The van der Waals surface area contributed by atoms with E-state index < -0.39 is 17.4 Å². The molecule has 2 atom stereocenters. The van der Waals surface area contributed by atoms with Crippen LogP contribution in [0.1, 0.15) is 60.3 Å². The minimum atomic E-state index is -0.971. The standard InChI is InChI=1S/C14H27NO3/c1-6-8-9-10(7-2)12(16)15-11(13(17)18)14(3,4)5/h10-11H,6-9H2,1-5H3,(H,15,16)(H,17,18). The van der Waals surface area contributed by atoms with E-state index in [4.69, 9.17) is 0 Å². The molecule has 4 heteroatoms. The average molecular weight is 257 g/mol. The number of aliphatic carboxylic acids is 1. The zero-order valence-electron chi connectivity index (χ0n) is 12.2. The molecular weight excluding hydrogens is 230 g/mol. The minimum Gasteiger partial charge on any atom is -0.480 e. The maximum atomic E-state index is 12.1. The summed E-state index contributed by atoms with van der Waals surface area (Å²) in [5, 5.41) is 11.9. The molecule has 1 amide bonds. The molecule has 0 aromatic carbocycles. The van der Waals surface area contributed by atoms with E-state index in [-0.39, 0.29) is 11.8 Å². The summed E-state index contributed by atoms with van der Waals surface area (Å²) in [6.07, 6.45) is 3.63. The van der Waals surface area contributed by atoms with Crippen molar-refractivity contribution in [3.63, 3.8) is 0 Å². The maximum Gasteiger partial charge on any atom is 0.326 e. The molecule has 0 saturated carbocycles. The fourth-order valence-electron chi connectivity index (χ4n) is 1.88. The fraction of sp³-hybridized carbons (Fsp3) is 0.857. The topological polar surface area (TPSA) is 66.4 Å². The molecule has 0 radical (unpaired) electrons. The molecule has 0 aromatic rings. The van der Waals surface area contributed by atoms with Gasteiger partial charge in [0.15, 0.2) is 0 Å². The molecule has 0 rings (SSSR count). The fourth-order valence-corrected chi connectivity index (χ4v) is 1.88. The number of carbonyl (C=O) groups excluding carboxylic acids is 1. The first-order chi connectivity index (χ1) is 8.23. The van der Waals surface area contributed by atoms with Crippen LogP contribution < -0.4 is 5.32 Å². The second-order valence-electron chi connectivity index (χ2n) is 5.89. The summed E-state index contributed by atoms with van der Waals surface area (Å²) in [5.74, 6) is -1.18. The van der Waals surface area contributed by atoms with E-state index in [1.807, 2.05) is 27.7 Å². The van der Waals surface area contributed by atoms with Gasteiger partial charge in [-0.25, -0.2) is 4.79 Å². The summed E-state index contributed by atoms with van der Waals surface area (Å²) in [7, 11) is 0. The van der Waals surface area contributed by atoms with Crippen LogP contribution in [-0.2, 0) is 9.59 Å². The number of rotatable bonds is 7. The Kier molecular flexibility index (Phi) is 6.96. The van der Waals surface area contributed by atoms with E-state index in [2.05, 4.69) is 12.2 Å². The Balaban J connectivity index is 4.62. The predicted octanol–water partition coefficient (Wildman–Crippen LogP) is 2.82. The number of amides is 1. The van der Waals surface area contributed by atoms with E-state index in [1.54, 1.807) is 0 Å². The largest absolute Gasteiger partial charge is 0.480 e. The molecule has 4 nitrogen and oxygen atoms in total. The Hall–Kier alpha value is -1.06. The van der Waals surface area contributed by atoms with Crippen molar-refractivity contribution in [3.05, 3.63) is 0 Å². The molecule has 0 spiro atoms. The van der Waals surface area contributed by atoms with Crippen LogP contribution in [0.5, 0.6) is 0 Å². The van der Waals surface area contributed by atoms with Gasteiger partial charge in [-0.2, -0.15) is 0 Å². The van der Waals surface area contributed by atoms with Crippen LogP contribution in [0, 0.1) is 11.3 Å². The molecule has 0 bridgehead atoms. The SMILES string of the molecule is CCCCC(CC)C(=O)NC(C(=O)O)C(C)(C)C. The third-order valence-electron chi connectivity index (χ3n) is 3.17. The van der Waals surface area contributed by atoms with Gasteiger partial charge < -0.3 is 10.4 Å². The molecule has 2 N–H and O–H groups in total. The second-order valence-corrected chi connectivity index (χ2v) is 5.89. The third kappa shape index (κ3) is 5.52. The quantitative estimate of drug-likeness (QED) is 0.737. The average Bonchev–Trinajstić information content (AvgIpc) is 2.24. The molecule has 0 fully saturated rings. The number of carboxylic acids is 1. The Labute approximate surface area is 110 Å². The van der Waals surface area contributed by atoms with Crippen LogP contribution >= 0.6 is 0 Å². The van der Waals surface area contributed by atoms with Gasteiger partial charge in [0.25, 0.3) is 0 Å². The minimum absolute atomic E-state index is 0.0749. The van der Waals surface area contributed by atoms with Gasteiger partial charge in [-0.05, 0) is 18.3 Å². The van der Waals surface area contributed by atoms with Gasteiger partial charge in [-0.3, -0.25) is 4.79 Å². The molecule has 0 aliphatic rings. The highest BCUT2D eigenvalue weighted by Gasteiger charge is 2.33. The predicted molar refractivity (Wildman–Crippen MR) is 72.3 cm³/mol. The van der Waals surface area contributed by atoms with Crippen LogP contribution in [0.3, 0.4) is 0 Å². The van der Waals surface area contributed by atoms with Crippen molar-refractivity contribution >= 4 is 11.9 Å². The molecule has 0 saturated heterocycles. The van der Waals surface area contributed by atoms with Crippen LogP contribution in [0.4, 0.5) is 0 Å². The Morgan fingerprint density at radius 3 is 2.11 bits per heavy atom. The number of hydrogen-bond donors (Lipinski definition) is 2. The number of carbonyl (C=O) groups is 2. The highest BCUT2D eigenvalue weighted by Crippen LogP contribution is 2.21. The van der Waals surface area contributed by atoms with E-state index in [0.717, 1.165) is 25.7 Å². The Morgan fingerprint density at radius 2 is 1.78 bits per heavy atom. The van der Waals surface area contributed by atoms with Gasteiger partial charge in [-0.15, -0.1) is 0 Å². The summed E-state index contributed by atoms with van der Waals surface area (Å²) in [5.41, 5.74) is -0.482. The summed E-state index contributed by atoms with van der Waals surface area (Å²) >= 11 is 0. The van der Waals surface area contributed by atoms with Crippen molar-refractivity contribution in [2.45, 2.75) is 66.3 Å². The van der Waals surface area contributed by atoms with Crippen molar-refractivity contribution in [2.24, 2.45) is 11.3 Å². The Bertz CT molecular complexity index is 281. The van der Waals surface area contributed by atoms with E-state index in [0.29, 0.717) is 0 Å². The molecule has 106 valence electrons. The van der Waals surface area contributed by atoms with Gasteiger partial charge in [-0.1, -0.05) is 47.5 Å². The highest BCUT2D eigenvalue weighted by atomic mass is 16.4. The van der Waals surface area contributed by atoms with E-state index in [1.165, 1.54) is 0 Å². The van der Waals surface area contributed by atoms with Crippen LogP contribution in [0.25, 0.3) is 0 Å². The first kappa shape index (κ1) is 16.9. The lowest BCUT2D eigenvalue weighted by atomic mass is 9.86. The van der Waals surface area contributed by atoms with Crippen molar-refractivity contribution in [3.8, 4) is 0 Å². The third-order valence-corrected chi connectivity index (χ3v) is 3.17. The monoisotopic (exact) mass is 257 g/mol. The van der Waals surface area contributed by atoms with Gasteiger partial charge in [0, 0.05) is 5.92 Å². The van der Waals surface area contributed by atoms with Gasteiger partial charge >= 0.3 is 5.97 Å². The summed E-state index contributed by atoms with van der Waals surface area (Å²) in [4.78, 5) is 23.3. The smallest absolute Gasteiger partial charge is 0.326 e. The molecule has 0 aliphatic carbocycles. The van der Waals surface area contributed by atoms with Crippen LogP contribution in [-0.4, -0.2) is 23.0 Å². The van der Waals surface area contributed by atoms with Crippen molar-refractivity contribution < 1.29 is 14.7 Å². The van der Waals surface area contributed by atoms with Crippen LogP contribution in [0.2, 0.25) is 0 Å². The van der Waals surface area contributed by atoms with Crippen molar-refractivity contribution in [2.75, 3.05) is 0 Å². The lowest BCUT2D eigenvalue weighted by molar-refractivity contribution is -0.145. The summed E-state index contributed by atoms with van der Waals surface area (Å²) in [6, 6.07) is -0.833. The number of carboxylic acid groups (broad SMARTS) is 1. The van der Waals surface area contributed by atoms with Crippen molar-refractivity contribution in [1.29, 1.82) is 0 Å². The number of unbranched alkanes of at least 4 members (excludes halogenated alkanes) is 1. The lowest BCUT2D eigenvalue weighted by Gasteiger charge is -2.29. The molecule has 2 unspecified atom stereocenters. The first-order valence-corrected chi connectivity index (χ1v) is 6.77. The van der Waals surface area contributed by atoms with E-state index >= 15 is 0 Å². The van der Waals surface area contributed by atoms with Crippen LogP contribution in [0.15, 0.2) is 0 Å². The van der Waals surface area contributed by atoms with Crippen molar-refractivity contribution in [1.82, 2.24) is 5.32 Å². The number of hydrogen-bond acceptors (Lipinski definition) is 2. The molecular formula is C14H27NO3. The summed E-state index contributed by atoms with van der Waals surface area (Å²) in [6.45, 7) is 9.50. The van der Waals surface area contributed by atoms with Gasteiger partial charge in [0.05, 0.1) is 0 Å². The van der Waals surface area contributed by atoms with Gasteiger partial charge in [0.1, 0.15) is 6.04 Å². The van der Waals surface area contributed by atoms with Gasteiger partial charge in [0.2, 0.25) is 5.91 Å². The zero-order chi connectivity index (χ0) is 14.3. The first-order valence-electron chi connectivity index (χ1n) is 6.77. The zero-order valence-corrected chi connectivity index (χ0v) is 12.2. The molecule has 0 aliphatic heterocycles. The molecule has 18 heavy (non-hydrogen) atoms. The highest BCUT2D eigenvalue weighted by molar-refractivity contribution is 5.85. The second kappa shape index (κ2) is 7.39. The lowest BCUT2D eigenvalue weighted by Crippen LogP contribution is -2.50. The maximum absolute atomic E-state index is 12.1. The molecule has 0 aromatic heterocycles. The Morgan fingerprint density at radius 1 is 1.22 bits per heavy atom. The summed E-state index contributed by atoms with van der Waals surface area (Å²) < 4.78 is 0.